The number of nitrogens with zero attached hydrogens (tertiary/aromatic N) is 1. The van der Waals surface area contributed by atoms with E-state index in [1.165, 1.54) is 17.6 Å². The van der Waals surface area contributed by atoms with Crippen LogP contribution in [0.3, 0.4) is 0 Å². The third-order valence-corrected chi connectivity index (χ3v) is 9.71. The van der Waals surface area contributed by atoms with E-state index in [1.54, 1.807) is 12.3 Å². The van der Waals surface area contributed by atoms with Crippen LogP contribution in [0.2, 0.25) is 0 Å². The average molecular weight is 563 g/mol. The molecule has 2 heterocycles. The van der Waals surface area contributed by atoms with Crippen LogP contribution in [0.5, 0.6) is 5.75 Å². The van der Waals surface area contributed by atoms with E-state index in [2.05, 4.69) is 5.48 Å². The summed E-state index contributed by atoms with van der Waals surface area (Å²) in [5, 5.41) is 9.66. The van der Waals surface area contributed by atoms with Gasteiger partial charge in [-0.1, -0.05) is 12.1 Å². The number of carbonyl (C=O) groups is 1. The second kappa shape index (κ2) is 12.6. The lowest BCUT2D eigenvalue weighted by Gasteiger charge is -2.28. The zero-order valence-corrected chi connectivity index (χ0v) is 23.3. The van der Waals surface area contributed by atoms with Crippen molar-refractivity contribution < 1.29 is 32.6 Å². The van der Waals surface area contributed by atoms with Crippen LogP contribution < -0.4 is 15.8 Å². The van der Waals surface area contributed by atoms with E-state index in [4.69, 9.17) is 14.3 Å². The van der Waals surface area contributed by atoms with E-state index in [-0.39, 0.29) is 30.7 Å². The number of carbonyl (C=O) groups excluding carboxylic acids is 1. The van der Waals surface area contributed by atoms with E-state index < -0.39 is 26.8 Å². The zero-order chi connectivity index (χ0) is 28.0. The molecule has 214 valence electrons. The first-order chi connectivity index (χ1) is 18.5. The summed E-state index contributed by atoms with van der Waals surface area (Å²) in [6, 6.07) is 10.8. The lowest BCUT2D eigenvalue weighted by molar-refractivity contribution is -0.201. The molecule has 4 rings (SSSR count). The van der Waals surface area contributed by atoms with Crippen molar-refractivity contribution in [1.29, 1.82) is 0 Å². The van der Waals surface area contributed by atoms with Crippen LogP contribution in [0.25, 0.3) is 11.1 Å². The van der Waals surface area contributed by atoms with Crippen molar-refractivity contribution in [1.82, 2.24) is 10.0 Å². The number of ether oxygens (including phenoxy) is 2. The Hall–Kier alpha value is -2.73. The third-order valence-electron chi connectivity index (χ3n) is 7.68. The summed E-state index contributed by atoms with van der Waals surface area (Å²) in [5.41, 5.74) is 3.51. The monoisotopic (exact) mass is 562 g/mol. The Morgan fingerprint density at radius 3 is 2.44 bits per heavy atom. The van der Waals surface area contributed by atoms with E-state index in [0.717, 1.165) is 56.1 Å². The standard InChI is InChI=1S/C28H38N2O8S/c1-28(39(2,34)35,27(33)29-38-26-5-3-4-18-36-26)15-17-30-16-14-21(19-25(30)32)20-6-10-23(11-7-20)37-24-12-8-22(31)9-13-24/h6-7,10-11,14,16,19,22,24,26,31H,3-5,8-9,12-13,15,17-18H2,1-2H3,(H,29,33)/t22?,24?,26?,28-/m1/s1. The van der Waals surface area contributed by atoms with Gasteiger partial charge in [0.05, 0.1) is 12.2 Å². The van der Waals surface area contributed by atoms with Gasteiger partial charge in [-0.15, -0.1) is 0 Å². The summed E-state index contributed by atoms with van der Waals surface area (Å²) in [7, 11) is -3.84. The van der Waals surface area contributed by atoms with Crippen molar-refractivity contribution in [3.8, 4) is 16.9 Å². The summed E-state index contributed by atoms with van der Waals surface area (Å²) in [4.78, 5) is 31.1. The normalized spacial score (nSPS) is 23.5. The minimum Gasteiger partial charge on any atom is -0.490 e. The highest BCUT2D eigenvalue weighted by Crippen LogP contribution is 2.27. The van der Waals surface area contributed by atoms with Gasteiger partial charge in [-0.25, -0.2) is 18.7 Å². The number of benzene rings is 1. The molecule has 11 heteroatoms. The molecule has 2 fully saturated rings. The number of aliphatic hydroxyl groups is 1. The Balaban J connectivity index is 1.38. The SMILES string of the molecule is C[C@@](CCn1ccc(-c2ccc(OC3CCC(O)CC3)cc2)cc1=O)(C(=O)NOC1CCCCO1)S(C)(=O)=O. The van der Waals surface area contributed by atoms with Crippen LogP contribution in [0.1, 0.15) is 58.3 Å². The molecule has 2 N–H and O–H groups in total. The molecule has 2 atom stereocenters. The maximum absolute atomic E-state index is 12.9. The fraction of sp³-hybridized carbons (Fsp3) is 0.571. The van der Waals surface area contributed by atoms with E-state index in [9.17, 15) is 23.1 Å². The lowest BCUT2D eigenvalue weighted by atomic mass is 9.95. The summed E-state index contributed by atoms with van der Waals surface area (Å²) >= 11 is 0. The smallest absolute Gasteiger partial charge is 0.264 e. The molecule has 1 amide bonds. The average Bonchev–Trinajstić information content (AvgIpc) is 2.92. The molecule has 2 aliphatic rings. The lowest BCUT2D eigenvalue weighted by Crippen LogP contribution is -2.51. The van der Waals surface area contributed by atoms with Crippen LogP contribution in [0.15, 0.2) is 47.4 Å². The Morgan fingerprint density at radius 1 is 1.10 bits per heavy atom. The zero-order valence-electron chi connectivity index (χ0n) is 22.5. The molecular formula is C28H38N2O8S. The van der Waals surface area contributed by atoms with Crippen molar-refractivity contribution in [3.63, 3.8) is 0 Å². The number of hydrogen-bond acceptors (Lipinski definition) is 8. The van der Waals surface area contributed by atoms with Gasteiger partial charge in [0, 0.05) is 38.1 Å². The maximum atomic E-state index is 12.9. The van der Waals surface area contributed by atoms with Gasteiger partial charge in [-0.3, -0.25) is 9.59 Å². The highest BCUT2D eigenvalue weighted by Gasteiger charge is 2.44. The third kappa shape index (κ3) is 7.47. The minimum atomic E-state index is -3.84. The van der Waals surface area contributed by atoms with Crippen molar-refractivity contribution in [2.75, 3.05) is 12.9 Å². The predicted molar refractivity (Wildman–Crippen MR) is 146 cm³/mol. The second-order valence-electron chi connectivity index (χ2n) is 10.6. The van der Waals surface area contributed by atoms with Crippen molar-refractivity contribution >= 4 is 15.7 Å². The first kappa shape index (κ1) is 29.3. The number of aryl methyl sites for hydroxylation is 1. The molecular weight excluding hydrogens is 524 g/mol. The molecule has 0 spiro atoms. The second-order valence-corrected chi connectivity index (χ2v) is 13.1. The molecule has 2 aromatic rings. The van der Waals surface area contributed by atoms with Crippen molar-refractivity contribution in [2.45, 2.75) is 88.1 Å². The molecule has 0 radical (unpaired) electrons. The summed E-state index contributed by atoms with van der Waals surface area (Å²) in [5.74, 6) is -0.0543. The number of nitrogens with one attached hydrogen (secondary N) is 1. The number of amides is 1. The number of hydroxylamine groups is 1. The fourth-order valence-electron chi connectivity index (χ4n) is 4.79. The Morgan fingerprint density at radius 2 is 1.82 bits per heavy atom. The summed E-state index contributed by atoms with van der Waals surface area (Å²) < 4.78 is 36.2. The van der Waals surface area contributed by atoms with E-state index in [0.29, 0.717) is 18.6 Å². The first-order valence-electron chi connectivity index (χ1n) is 13.5. The Labute approximate surface area is 229 Å². The van der Waals surface area contributed by atoms with Crippen molar-refractivity contribution in [2.24, 2.45) is 0 Å². The van der Waals surface area contributed by atoms with Gasteiger partial charge in [-0.05, 0) is 81.2 Å². The van der Waals surface area contributed by atoms with Gasteiger partial charge in [0.1, 0.15) is 5.75 Å². The molecule has 1 aliphatic carbocycles. The Bertz CT molecular complexity index is 1280. The highest BCUT2D eigenvalue weighted by atomic mass is 32.2. The minimum absolute atomic E-state index is 0.0267. The van der Waals surface area contributed by atoms with Gasteiger partial charge < -0.3 is 19.1 Å². The van der Waals surface area contributed by atoms with E-state index in [1.807, 2.05) is 24.3 Å². The molecule has 10 nitrogen and oxygen atoms in total. The largest absolute Gasteiger partial charge is 0.490 e. The van der Waals surface area contributed by atoms with Crippen LogP contribution >= 0.6 is 0 Å². The van der Waals surface area contributed by atoms with Gasteiger partial charge in [0.25, 0.3) is 11.5 Å². The molecule has 1 aromatic carbocycles. The molecule has 1 unspecified atom stereocenters. The van der Waals surface area contributed by atoms with Crippen LogP contribution in [-0.2, 0) is 30.8 Å². The molecule has 1 saturated heterocycles. The van der Waals surface area contributed by atoms with Crippen LogP contribution in [0.4, 0.5) is 0 Å². The number of sulfone groups is 1. The predicted octanol–water partition coefficient (Wildman–Crippen LogP) is 2.97. The quantitative estimate of drug-likeness (QED) is 0.423. The number of hydrogen-bond donors (Lipinski definition) is 2. The van der Waals surface area contributed by atoms with Gasteiger partial charge in [0.2, 0.25) is 0 Å². The van der Waals surface area contributed by atoms with Gasteiger partial charge in [-0.2, -0.15) is 0 Å². The fourth-order valence-corrected chi connectivity index (χ4v) is 5.63. The Kier molecular flexibility index (Phi) is 9.47. The maximum Gasteiger partial charge on any atom is 0.264 e. The van der Waals surface area contributed by atoms with Crippen LogP contribution in [-0.4, -0.2) is 60.1 Å². The number of aliphatic hydroxyl groups excluding tert-OH is 1. The number of pyridine rings is 1. The number of rotatable bonds is 10. The summed E-state index contributed by atoms with van der Waals surface area (Å²) in [6.45, 7) is 1.88. The van der Waals surface area contributed by atoms with E-state index >= 15 is 0 Å². The molecule has 1 aromatic heterocycles. The van der Waals surface area contributed by atoms with Crippen molar-refractivity contribution in [3.05, 3.63) is 52.9 Å². The number of aromatic nitrogens is 1. The molecule has 0 bridgehead atoms. The molecule has 39 heavy (non-hydrogen) atoms. The topological polar surface area (TPSA) is 133 Å². The highest BCUT2D eigenvalue weighted by molar-refractivity contribution is 7.92. The van der Waals surface area contributed by atoms with Gasteiger partial charge in [0.15, 0.2) is 20.9 Å². The van der Waals surface area contributed by atoms with Gasteiger partial charge >= 0.3 is 0 Å². The summed E-state index contributed by atoms with van der Waals surface area (Å²) in [6.07, 6.45) is 7.29. The molecule has 1 saturated carbocycles. The first-order valence-corrected chi connectivity index (χ1v) is 15.4. The molecule has 1 aliphatic heterocycles. The van der Waals surface area contributed by atoms with Crippen LogP contribution in [0, 0.1) is 0 Å².